The number of carbonyl (C=O) groups excluding carboxylic acids is 1. The van der Waals surface area contributed by atoms with E-state index in [0.29, 0.717) is 22.4 Å². The molecule has 0 aliphatic carbocycles. The van der Waals surface area contributed by atoms with Gasteiger partial charge in [-0.1, -0.05) is 12.1 Å². The monoisotopic (exact) mass is 300 g/mol. The number of oxazole rings is 1. The largest absolute Gasteiger partial charge is 0.462 e. The van der Waals surface area contributed by atoms with E-state index in [1.165, 1.54) is 18.0 Å². The maximum Gasteiger partial charge on any atom is 0.339 e. The van der Waals surface area contributed by atoms with Gasteiger partial charge in [-0.15, -0.1) is 0 Å². The Morgan fingerprint density at radius 1 is 1.29 bits per heavy atom. The van der Waals surface area contributed by atoms with Gasteiger partial charge in [-0.2, -0.15) is 0 Å². The number of hydrogen-bond acceptors (Lipinski definition) is 6. The number of aromatic nitrogens is 2. The standard InChI is InChI=1S/C15H12N2O3S/c1-2-19-14(18)10-7-8-13(16-9-10)21-15-17-11-5-3-4-6-12(11)20-15/h3-9H,2H2,1H3. The van der Waals surface area contributed by atoms with E-state index in [2.05, 4.69) is 9.97 Å². The van der Waals surface area contributed by atoms with E-state index in [4.69, 9.17) is 9.15 Å². The maximum absolute atomic E-state index is 11.5. The van der Waals surface area contributed by atoms with Crippen molar-refractivity contribution < 1.29 is 13.9 Å². The second kappa shape index (κ2) is 5.97. The second-order valence-electron chi connectivity index (χ2n) is 4.16. The lowest BCUT2D eigenvalue weighted by Gasteiger charge is -2.01. The number of carbonyl (C=O) groups is 1. The molecule has 6 heteroatoms. The highest BCUT2D eigenvalue weighted by atomic mass is 32.2. The summed E-state index contributed by atoms with van der Waals surface area (Å²) in [6.45, 7) is 2.11. The molecule has 0 aliphatic rings. The summed E-state index contributed by atoms with van der Waals surface area (Å²) in [6.07, 6.45) is 1.49. The van der Waals surface area contributed by atoms with Crippen LogP contribution in [0, 0.1) is 0 Å². The van der Waals surface area contributed by atoms with E-state index in [0.717, 1.165) is 11.1 Å². The minimum atomic E-state index is -0.372. The molecule has 0 aliphatic heterocycles. The first-order chi connectivity index (χ1) is 10.3. The van der Waals surface area contributed by atoms with Crippen LogP contribution in [0.25, 0.3) is 11.1 Å². The first-order valence-electron chi connectivity index (χ1n) is 6.43. The molecule has 0 bridgehead atoms. The van der Waals surface area contributed by atoms with Crippen molar-refractivity contribution in [2.24, 2.45) is 0 Å². The number of para-hydroxylation sites is 2. The Kier molecular flexibility index (Phi) is 3.87. The van der Waals surface area contributed by atoms with Crippen LogP contribution in [-0.4, -0.2) is 22.5 Å². The van der Waals surface area contributed by atoms with Crippen LogP contribution < -0.4 is 0 Å². The van der Waals surface area contributed by atoms with Crippen molar-refractivity contribution in [2.75, 3.05) is 6.61 Å². The van der Waals surface area contributed by atoms with Crippen LogP contribution in [0.5, 0.6) is 0 Å². The number of pyridine rings is 1. The number of fused-ring (bicyclic) bond motifs is 1. The zero-order valence-electron chi connectivity index (χ0n) is 11.3. The van der Waals surface area contributed by atoms with Gasteiger partial charge in [0, 0.05) is 6.20 Å². The number of rotatable bonds is 4. The molecule has 0 amide bonds. The van der Waals surface area contributed by atoms with E-state index < -0.39 is 0 Å². The molecule has 0 unspecified atom stereocenters. The van der Waals surface area contributed by atoms with Gasteiger partial charge < -0.3 is 9.15 Å². The van der Waals surface area contributed by atoms with Crippen LogP contribution in [0.15, 0.2) is 57.3 Å². The van der Waals surface area contributed by atoms with Crippen LogP contribution in [-0.2, 0) is 4.74 Å². The first-order valence-corrected chi connectivity index (χ1v) is 7.24. The minimum absolute atomic E-state index is 0.345. The van der Waals surface area contributed by atoms with Gasteiger partial charge in [-0.05, 0) is 43.0 Å². The quantitative estimate of drug-likeness (QED) is 0.686. The fourth-order valence-corrected chi connectivity index (χ4v) is 2.46. The number of benzene rings is 1. The molecule has 0 radical (unpaired) electrons. The zero-order chi connectivity index (χ0) is 14.7. The lowest BCUT2D eigenvalue weighted by molar-refractivity contribution is 0.0525. The summed E-state index contributed by atoms with van der Waals surface area (Å²) in [5.74, 6) is -0.372. The van der Waals surface area contributed by atoms with Crippen molar-refractivity contribution >= 4 is 28.8 Å². The normalized spacial score (nSPS) is 10.7. The van der Waals surface area contributed by atoms with Gasteiger partial charge in [0.25, 0.3) is 5.22 Å². The highest BCUT2D eigenvalue weighted by Crippen LogP contribution is 2.28. The third-order valence-electron chi connectivity index (χ3n) is 2.71. The van der Waals surface area contributed by atoms with Gasteiger partial charge in [0.1, 0.15) is 10.5 Å². The Hall–Kier alpha value is -2.34. The summed E-state index contributed by atoms with van der Waals surface area (Å²) in [7, 11) is 0. The molecule has 0 saturated heterocycles. The van der Waals surface area contributed by atoms with Gasteiger partial charge in [-0.25, -0.2) is 14.8 Å². The number of nitrogens with zero attached hydrogens (tertiary/aromatic N) is 2. The van der Waals surface area contributed by atoms with E-state index in [1.54, 1.807) is 19.1 Å². The molecule has 0 spiro atoms. The van der Waals surface area contributed by atoms with Crippen molar-refractivity contribution in [3.63, 3.8) is 0 Å². The Bertz CT molecular complexity index is 735. The molecule has 0 saturated carbocycles. The summed E-state index contributed by atoms with van der Waals surface area (Å²) >= 11 is 1.31. The van der Waals surface area contributed by atoms with Gasteiger partial charge in [0.05, 0.1) is 12.2 Å². The van der Waals surface area contributed by atoms with Crippen molar-refractivity contribution in [3.8, 4) is 0 Å². The molecule has 3 aromatic rings. The Labute approximate surface area is 125 Å². The lowest BCUT2D eigenvalue weighted by atomic mass is 10.3. The van der Waals surface area contributed by atoms with Crippen LogP contribution in [0.4, 0.5) is 0 Å². The molecule has 0 fully saturated rings. The molecule has 21 heavy (non-hydrogen) atoms. The molecule has 0 atom stereocenters. The summed E-state index contributed by atoms with van der Waals surface area (Å²) in [5, 5.41) is 1.22. The molecular formula is C15H12N2O3S. The third-order valence-corrected chi connectivity index (χ3v) is 3.51. The molecular weight excluding hydrogens is 288 g/mol. The van der Waals surface area contributed by atoms with E-state index >= 15 is 0 Å². The van der Waals surface area contributed by atoms with Gasteiger partial charge in [0.15, 0.2) is 5.58 Å². The van der Waals surface area contributed by atoms with E-state index in [-0.39, 0.29) is 5.97 Å². The predicted octanol–water partition coefficient (Wildman–Crippen LogP) is 3.55. The first kappa shape index (κ1) is 13.6. The summed E-state index contributed by atoms with van der Waals surface area (Å²) in [6, 6.07) is 11.0. The highest BCUT2D eigenvalue weighted by Gasteiger charge is 2.10. The van der Waals surface area contributed by atoms with Crippen LogP contribution in [0.1, 0.15) is 17.3 Å². The van der Waals surface area contributed by atoms with Crippen molar-refractivity contribution in [3.05, 3.63) is 48.2 Å². The Morgan fingerprint density at radius 3 is 2.86 bits per heavy atom. The van der Waals surface area contributed by atoms with E-state index in [1.807, 2.05) is 24.3 Å². The molecule has 3 rings (SSSR count). The fraction of sp³-hybridized carbons (Fsp3) is 0.133. The topological polar surface area (TPSA) is 65.2 Å². The van der Waals surface area contributed by atoms with Gasteiger partial charge >= 0.3 is 5.97 Å². The van der Waals surface area contributed by atoms with Crippen molar-refractivity contribution in [2.45, 2.75) is 17.2 Å². The maximum atomic E-state index is 11.5. The second-order valence-corrected chi connectivity index (χ2v) is 5.13. The molecule has 0 N–H and O–H groups in total. The molecule has 1 aromatic carbocycles. The van der Waals surface area contributed by atoms with Crippen LogP contribution in [0.2, 0.25) is 0 Å². The van der Waals surface area contributed by atoms with Crippen LogP contribution in [0.3, 0.4) is 0 Å². The Balaban J connectivity index is 1.77. The van der Waals surface area contributed by atoms with Crippen LogP contribution >= 0.6 is 11.8 Å². The predicted molar refractivity (Wildman–Crippen MR) is 78.3 cm³/mol. The van der Waals surface area contributed by atoms with Crippen molar-refractivity contribution in [1.82, 2.24) is 9.97 Å². The smallest absolute Gasteiger partial charge is 0.339 e. The van der Waals surface area contributed by atoms with Gasteiger partial charge in [0.2, 0.25) is 0 Å². The minimum Gasteiger partial charge on any atom is -0.462 e. The zero-order valence-corrected chi connectivity index (χ0v) is 12.1. The Morgan fingerprint density at radius 2 is 2.14 bits per heavy atom. The average molecular weight is 300 g/mol. The number of esters is 1. The highest BCUT2D eigenvalue weighted by molar-refractivity contribution is 7.99. The number of ether oxygens (including phenoxy) is 1. The van der Waals surface area contributed by atoms with E-state index in [9.17, 15) is 4.79 Å². The summed E-state index contributed by atoms with van der Waals surface area (Å²) in [5.41, 5.74) is 1.98. The third kappa shape index (κ3) is 3.05. The lowest BCUT2D eigenvalue weighted by Crippen LogP contribution is -2.04. The molecule has 2 heterocycles. The number of hydrogen-bond donors (Lipinski definition) is 0. The van der Waals surface area contributed by atoms with Crippen molar-refractivity contribution in [1.29, 1.82) is 0 Å². The average Bonchev–Trinajstić information content (AvgIpc) is 2.90. The molecule has 2 aromatic heterocycles. The fourth-order valence-electron chi connectivity index (χ4n) is 1.76. The summed E-state index contributed by atoms with van der Waals surface area (Å²) in [4.78, 5) is 20.1. The van der Waals surface area contributed by atoms with Gasteiger partial charge in [-0.3, -0.25) is 0 Å². The molecule has 106 valence electrons. The summed E-state index contributed by atoms with van der Waals surface area (Å²) < 4.78 is 10.5. The SMILES string of the molecule is CCOC(=O)c1ccc(Sc2nc3ccccc3o2)nc1. The molecule has 5 nitrogen and oxygen atoms in total.